The Hall–Kier alpha value is -4.20. The van der Waals surface area contributed by atoms with Gasteiger partial charge in [-0.3, -0.25) is 19.7 Å². The molecule has 0 atom stereocenters. The molecule has 3 rings (SSSR count). The van der Waals surface area contributed by atoms with Gasteiger partial charge in [0.25, 0.3) is 11.6 Å². The van der Waals surface area contributed by atoms with Crippen molar-refractivity contribution < 1.29 is 14.5 Å². The van der Waals surface area contributed by atoms with Crippen LogP contribution >= 0.6 is 0 Å². The van der Waals surface area contributed by atoms with Gasteiger partial charge in [-0.15, -0.1) is 0 Å². The molecule has 0 aliphatic rings. The van der Waals surface area contributed by atoms with E-state index in [-0.39, 0.29) is 24.0 Å². The van der Waals surface area contributed by atoms with Crippen LogP contribution in [0.4, 0.5) is 22.7 Å². The molecule has 8 nitrogen and oxygen atoms in total. The summed E-state index contributed by atoms with van der Waals surface area (Å²) in [7, 11) is 0. The minimum Gasteiger partial charge on any atom is -0.376 e. The maximum absolute atomic E-state index is 12.4. The van der Waals surface area contributed by atoms with E-state index >= 15 is 0 Å². The van der Waals surface area contributed by atoms with Gasteiger partial charge in [-0.2, -0.15) is 0 Å². The Morgan fingerprint density at radius 1 is 0.903 bits per heavy atom. The maximum atomic E-state index is 12.4. The van der Waals surface area contributed by atoms with Crippen LogP contribution in [0, 0.1) is 24.0 Å². The minimum absolute atomic E-state index is 0.0431. The van der Waals surface area contributed by atoms with Crippen LogP contribution in [-0.4, -0.2) is 23.3 Å². The smallest absolute Gasteiger partial charge is 0.274 e. The first-order valence-corrected chi connectivity index (χ1v) is 9.60. The Balaban J connectivity index is 1.63. The van der Waals surface area contributed by atoms with Crippen LogP contribution in [0.25, 0.3) is 0 Å². The van der Waals surface area contributed by atoms with Crippen molar-refractivity contribution in [2.75, 3.05) is 22.5 Å². The fraction of sp³-hybridized carbons (Fsp3) is 0.130. The van der Waals surface area contributed by atoms with Gasteiger partial charge >= 0.3 is 0 Å². The molecule has 3 N–H and O–H groups in total. The number of benzene rings is 3. The summed E-state index contributed by atoms with van der Waals surface area (Å²) in [5.74, 6) is -0.573. The Labute approximate surface area is 179 Å². The van der Waals surface area contributed by atoms with Gasteiger partial charge in [0.2, 0.25) is 5.91 Å². The lowest BCUT2D eigenvalue weighted by Gasteiger charge is -2.14. The Bertz CT molecular complexity index is 1130. The second-order valence-electron chi connectivity index (χ2n) is 6.96. The molecule has 0 bridgehead atoms. The molecule has 0 fully saturated rings. The number of carbonyl (C=O) groups excluding carboxylic acids is 2. The molecule has 0 aliphatic carbocycles. The van der Waals surface area contributed by atoms with E-state index in [0.717, 1.165) is 5.56 Å². The average molecular weight is 418 g/mol. The van der Waals surface area contributed by atoms with Gasteiger partial charge in [-0.1, -0.05) is 30.3 Å². The number of nitrogens with zero attached hydrogens (tertiary/aromatic N) is 1. The van der Waals surface area contributed by atoms with Gasteiger partial charge in [0.1, 0.15) is 0 Å². The number of nitro benzene ring substituents is 1. The number of amides is 2. The first-order chi connectivity index (χ1) is 14.8. The topological polar surface area (TPSA) is 113 Å². The minimum atomic E-state index is -0.484. The Morgan fingerprint density at radius 2 is 1.61 bits per heavy atom. The summed E-state index contributed by atoms with van der Waals surface area (Å²) in [5.41, 5.74) is 3.47. The molecule has 0 saturated heterocycles. The largest absolute Gasteiger partial charge is 0.376 e. The zero-order valence-corrected chi connectivity index (χ0v) is 17.1. The molecule has 0 spiro atoms. The molecule has 0 aromatic heterocycles. The highest BCUT2D eigenvalue weighted by Crippen LogP contribution is 2.24. The zero-order chi connectivity index (χ0) is 22.4. The molecule has 3 aromatic rings. The maximum Gasteiger partial charge on any atom is 0.274 e. The van der Waals surface area contributed by atoms with Crippen molar-refractivity contribution >= 4 is 34.6 Å². The number of carbonyl (C=O) groups is 2. The molecule has 3 aromatic carbocycles. The molecule has 0 saturated carbocycles. The third kappa shape index (κ3) is 5.45. The average Bonchev–Trinajstić information content (AvgIpc) is 2.76. The van der Waals surface area contributed by atoms with Crippen molar-refractivity contribution in [1.82, 2.24) is 0 Å². The van der Waals surface area contributed by atoms with Gasteiger partial charge < -0.3 is 16.0 Å². The number of nitrogens with one attached hydrogen (secondary N) is 3. The molecule has 31 heavy (non-hydrogen) atoms. The zero-order valence-electron chi connectivity index (χ0n) is 17.1. The second kappa shape index (κ2) is 9.53. The third-order valence-corrected chi connectivity index (χ3v) is 4.75. The normalized spacial score (nSPS) is 10.3. The Morgan fingerprint density at radius 3 is 2.32 bits per heavy atom. The highest BCUT2D eigenvalue weighted by molar-refractivity contribution is 6.05. The van der Waals surface area contributed by atoms with Crippen LogP contribution in [0.15, 0.2) is 66.7 Å². The molecular weight excluding hydrogens is 396 g/mol. The number of hydrogen-bond acceptors (Lipinski definition) is 5. The molecule has 0 aliphatic heterocycles. The van der Waals surface area contributed by atoms with Crippen molar-refractivity contribution in [3.8, 4) is 0 Å². The first-order valence-electron chi connectivity index (χ1n) is 9.60. The van der Waals surface area contributed by atoms with Crippen molar-refractivity contribution in [2.45, 2.75) is 13.8 Å². The lowest BCUT2D eigenvalue weighted by Crippen LogP contribution is -2.22. The van der Waals surface area contributed by atoms with Gasteiger partial charge in [0.15, 0.2) is 0 Å². The molecule has 0 heterocycles. The number of nitro groups is 1. The standard InChI is InChI=1S/C23H22N4O4/c1-15-11-12-18(13-21(15)27(30)31)25-22(28)14-24-19-9-6-10-20(16(19)2)26-23(29)17-7-4-3-5-8-17/h3-13,24H,14H2,1-2H3,(H,25,28)(H,26,29). The van der Waals surface area contributed by atoms with E-state index in [0.29, 0.717) is 28.2 Å². The summed E-state index contributed by atoms with van der Waals surface area (Å²) in [6, 6.07) is 18.8. The summed E-state index contributed by atoms with van der Waals surface area (Å²) >= 11 is 0. The van der Waals surface area contributed by atoms with E-state index in [9.17, 15) is 19.7 Å². The van der Waals surface area contributed by atoms with E-state index in [1.165, 1.54) is 6.07 Å². The van der Waals surface area contributed by atoms with E-state index < -0.39 is 4.92 Å². The number of aryl methyl sites for hydroxylation is 1. The van der Waals surface area contributed by atoms with E-state index in [4.69, 9.17) is 0 Å². The van der Waals surface area contributed by atoms with Crippen molar-refractivity contribution in [3.63, 3.8) is 0 Å². The predicted molar refractivity (Wildman–Crippen MR) is 121 cm³/mol. The summed E-state index contributed by atoms with van der Waals surface area (Å²) in [6.07, 6.45) is 0. The van der Waals surface area contributed by atoms with Gasteiger partial charge in [-0.05, 0) is 49.7 Å². The lowest BCUT2D eigenvalue weighted by atomic mass is 10.1. The predicted octanol–water partition coefficient (Wildman–Crippen LogP) is 4.51. The molecular formula is C23H22N4O4. The number of hydrogen-bond donors (Lipinski definition) is 3. The lowest BCUT2D eigenvalue weighted by molar-refractivity contribution is -0.385. The van der Waals surface area contributed by atoms with Crippen molar-refractivity contribution in [1.29, 1.82) is 0 Å². The summed E-state index contributed by atoms with van der Waals surface area (Å²) in [6.45, 7) is 3.43. The summed E-state index contributed by atoms with van der Waals surface area (Å²) in [5, 5.41) is 19.6. The highest BCUT2D eigenvalue weighted by Gasteiger charge is 2.13. The van der Waals surface area contributed by atoms with Gasteiger partial charge in [0, 0.05) is 34.3 Å². The fourth-order valence-corrected chi connectivity index (χ4v) is 3.01. The van der Waals surface area contributed by atoms with Crippen LogP contribution in [0.1, 0.15) is 21.5 Å². The molecule has 8 heteroatoms. The second-order valence-corrected chi connectivity index (χ2v) is 6.96. The summed E-state index contributed by atoms with van der Waals surface area (Å²) < 4.78 is 0. The summed E-state index contributed by atoms with van der Waals surface area (Å²) in [4.78, 5) is 35.3. The number of anilines is 3. The van der Waals surface area contributed by atoms with Crippen LogP contribution < -0.4 is 16.0 Å². The van der Waals surface area contributed by atoms with E-state index in [1.807, 2.05) is 13.0 Å². The number of rotatable bonds is 7. The SMILES string of the molecule is Cc1ccc(NC(=O)CNc2cccc(NC(=O)c3ccccc3)c2C)cc1[N+](=O)[O-]. The molecule has 2 amide bonds. The quantitative estimate of drug-likeness (QED) is 0.386. The highest BCUT2D eigenvalue weighted by atomic mass is 16.6. The fourth-order valence-electron chi connectivity index (χ4n) is 3.01. The monoisotopic (exact) mass is 418 g/mol. The van der Waals surface area contributed by atoms with Crippen LogP contribution in [0.5, 0.6) is 0 Å². The van der Waals surface area contributed by atoms with E-state index in [2.05, 4.69) is 16.0 Å². The molecule has 0 radical (unpaired) electrons. The van der Waals surface area contributed by atoms with Gasteiger partial charge in [0.05, 0.1) is 11.5 Å². The van der Waals surface area contributed by atoms with Crippen LogP contribution in [-0.2, 0) is 4.79 Å². The first kappa shape index (κ1) is 21.5. The van der Waals surface area contributed by atoms with Crippen LogP contribution in [0.2, 0.25) is 0 Å². The molecule has 0 unspecified atom stereocenters. The van der Waals surface area contributed by atoms with E-state index in [1.54, 1.807) is 61.5 Å². The van der Waals surface area contributed by atoms with Crippen molar-refractivity contribution in [2.24, 2.45) is 0 Å². The molecule has 158 valence electrons. The third-order valence-electron chi connectivity index (χ3n) is 4.75. The van der Waals surface area contributed by atoms with Crippen LogP contribution in [0.3, 0.4) is 0 Å². The van der Waals surface area contributed by atoms with Crippen molar-refractivity contribution in [3.05, 3.63) is 93.5 Å². The Kier molecular flexibility index (Phi) is 6.61. The van der Waals surface area contributed by atoms with Gasteiger partial charge in [-0.25, -0.2) is 0 Å².